The van der Waals surface area contributed by atoms with Crippen molar-refractivity contribution in [2.24, 2.45) is 0 Å². The van der Waals surface area contributed by atoms with E-state index in [0.29, 0.717) is 6.42 Å². The Morgan fingerprint density at radius 2 is 1.84 bits per heavy atom. The molecular weight excluding hydrogens is 352 g/mol. The van der Waals surface area contributed by atoms with Crippen molar-refractivity contribution in [3.63, 3.8) is 0 Å². The molecule has 128 valence electrons. The molecule has 1 atom stereocenters. The van der Waals surface area contributed by atoms with Crippen LogP contribution in [0.25, 0.3) is 10.2 Å². The number of hydrogen-bond donors (Lipinski definition) is 1. The Morgan fingerprint density at radius 3 is 2.56 bits per heavy atom. The summed E-state index contributed by atoms with van der Waals surface area (Å²) in [4.78, 5) is 28.6. The van der Waals surface area contributed by atoms with E-state index in [0.717, 1.165) is 20.1 Å². The lowest BCUT2D eigenvalue weighted by Gasteiger charge is -2.15. The Labute approximate surface area is 154 Å². The van der Waals surface area contributed by atoms with Gasteiger partial charge >= 0.3 is 0 Å². The summed E-state index contributed by atoms with van der Waals surface area (Å²) in [7, 11) is 0. The molecule has 0 saturated heterocycles. The molecule has 0 aliphatic heterocycles. The molecule has 0 radical (unpaired) electrons. The molecule has 1 amide bonds. The fourth-order valence-corrected chi connectivity index (χ4v) is 4.30. The van der Waals surface area contributed by atoms with Crippen molar-refractivity contribution in [1.82, 2.24) is 10.3 Å². The molecule has 3 rings (SSSR count). The van der Waals surface area contributed by atoms with E-state index in [1.807, 2.05) is 54.6 Å². The van der Waals surface area contributed by atoms with Gasteiger partial charge in [-0.05, 0) is 31.0 Å². The number of aromatic nitrogens is 1. The first-order valence-electron chi connectivity index (χ1n) is 7.94. The molecule has 4 nitrogen and oxygen atoms in total. The lowest BCUT2D eigenvalue weighted by Crippen LogP contribution is -2.42. The number of rotatable bonds is 7. The zero-order chi connectivity index (χ0) is 17.6. The SMILES string of the molecule is CC(=O)C(Cc1ccccc1)NC(=O)CSc1nc2ccccc2s1. The van der Waals surface area contributed by atoms with Crippen molar-refractivity contribution in [2.75, 3.05) is 5.75 Å². The summed E-state index contributed by atoms with van der Waals surface area (Å²) in [5.41, 5.74) is 1.97. The van der Waals surface area contributed by atoms with Crippen molar-refractivity contribution < 1.29 is 9.59 Å². The van der Waals surface area contributed by atoms with Crippen LogP contribution in [0.2, 0.25) is 0 Å². The Bertz CT molecular complexity index is 844. The third-order valence-electron chi connectivity index (χ3n) is 3.71. The van der Waals surface area contributed by atoms with E-state index in [4.69, 9.17) is 0 Å². The summed E-state index contributed by atoms with van der Waals surface area (Å²) < 4.78 is 1.97. The predicted molar refractivity (Wildman–Crippen MR) is 103 cm³/mol. The minimum atomic E-state index is -0.495. The normalized spacial score (nSPS) is 12.0. The van der Waals surface area contributed by atoms with Gasteiger partial charge in [-0.3, -0.25) is 9.59 Å². The number of thioether (sulfide) groups is 1. The summed E-state index contributed by atoms with van der Waals surface area (Å²) in [6, 6.07) is 17.1. The summed E-state index contributed by atoms with van der Waals surface area (Å²) in [5, 5.41) is 2.84. The molecule has 1 N–H and O–H groups in total. The van der Waals surface area contributed by atoms with Crippen molar-refractivity contribution in [1.29, 1.82) is 0 Å². The van der Waals surface area contributed by atoms with Crippen molar-refractivity contribution in [3.05, 3.63) is 60.2 Å². The van der Waals surface area contributed by atoms with E-state index < -0.39 is 6.04 Å². The Morgan fingerprint density at radius 1 is 1.12 bits per heavy atom. The first kappa shape index (κ1) is 17.6. The third-order valence-corrected chi connectivity index (χ3v) is 5.89. The van der Waals surface area contributed by atoms with E-state index in [1.165, 1.54) is 18.7 Å². The van der Waals surface area contributed by atoms with Crippen LogP contribution in [0.15, 0.2) is 58.9 Å². The zero-order valence-corrected chi connectivity index (χ0v) is 15.4. The molecule has 6 heteroatoms. The zero-order valence-electron chi connectivity index (χ0n) is 13.8. The van der Waals surface area contributed by atoms with Crippen LogP contribution in [0.4, 0.5) is 0 Å². The average molecular weight is 370 g/mol. The summed E-state index contributed by atoms with van der Waals surface area (Å²) in [5.74, 6) is 0.0563. The van der Waals surface area contributed by atoms with E-state index in [1.54, 1.807) is 11.3 Å². The number of ketones is 1. The van der Waals surface area contributed by atoms with Crippen molar-refractivity contribution >= 4 is 45.0 Å². The van der Waals surface area contributed by atoms with Gasteiger partial charge in [-0.2, -0.15) is 0 Å². The number of benzene rings is 2. The van der Waals surface area contributed by atoms with Crippen molar-refractivity contribution in [3.8, 4) is 0 Å². The van der Waals surface area contributed by atoms with E-state index in [-0.39, 0.29) is 17.4 Å². The monoisotopic (exact) mass is 370 g/mol. The van der Waals surface area contributed by atoms with Crippen LogP contribution in [0, 0.1) is 0 Å². The maximum atomic E-state index is 12.2. The van der Waals surface area contributed by atoms with Gasteiger partial charge in [-0.15, -0.1) is 11.3 Å². The Balaban J connectivity index is 1.57. The van der Waals surface area contributed by atoms with Crippen molar-refractivity contribution in [2.45, 2.75) is 23.7 Å². The molecular formula is C19H18N2O2S2. The molecule has 0 spiro atoms. The molecule has 0 aliphatic carbocycles. The second kappa shape index (κ2) is 8.27. The van der Waals surface area contributed by atoms with Crippen LogP contribution in [0.5, 0.6) is 0 Å². The molecule has 3 aromatic rings. The van der Waals surface area contributed by atoms with E-state index >= 15 is 0 Å². The number of fused-ring (bicyclic) bond motifs is 1. The van der Waals surface area contributed by atoms with Crippen LogP contribution < -0.4 is 5.32 Å². The number of para-hydroxylation sites is 1. The highest BCUT2D eigenvalue weighted by Gasteiger charge is 2.18. The maximum Gasteiger partial charge on any atom is 0.231 e. The number of amides is 1. The predicted octanol–water partition coefficient (Wildman–Crippen LogP) is 3.70. The van der Waals surface area contributed by atoms with Gasteiger partial charge in [0.05, 0.1) is 22.0 Å². The first-order chi connectivity index (χ1) is 12.1. The molecule has 0 fully saturated rings. The van der Waals surface area contributed by atoms with Crippen LogP contribution in [0.3, 0.4) is 0 Å². The molecule has 0 aliphatic rings. The number of thiazole rings is 1. The number of Topliss-reactive ketones (excluding diaryl/α,β-unsaturated/α-hetero) is 1. The second-order valence-electron chi connectivity index (χ2n) is 5.66. The highest BCUT2D eigenvalue weighted by molar-refractivity contribution is 8.01. The molecule has 0 saturated carbocycles. The van der Waals surface area contributed by atoms with Gasteiger partial charge in [-0.1, -0.05) is 54.2 Å². The smallest absolute Gasteiger partial charge is 0.231 e. The Hall–Kier alpha value is -2.18. The van der Waals surface area contributed by atoms with Crippen LogP contribution in [-0.4, -0.2) is 28.5 Å². The lowest BCUT2D eigenvalue weighted by atomic mass is 10.0. The number of nitrogens with one attached hydrogen (secondary N) is 1. The first-order valence-corrected chi connectivity index (χ1v) is 9.74. The lowest BCUT2D eigenvalue weighted by molar-refractivity contribution is -0.125. The topological polar surface area (TPSA) is 59.1 Å². The maximum absolute atomic E-state index is 12.2. The second-order valence-corrected chi connectivity index (χ2v) is 7.91. The van der Waals surface area contributed by atoms with Crippen LogP contribution >= 0.6 is 23.1 Å². The van der Waals surface area contributed by atoms with Gasteiger partial charge < -0.3 is 5.32 Å². The van der Waals surface area contributed by atoms with E-state index in [9.17, 15) is 9.59 Å². The van der Waals surface area contributed by atoms with E-state index in [2.05, 4.69) is 10.3 Å². The van der Waals surface area contributed by atoms with Gasteiger partial charge in [0.15, 0.2) is 10.1 Å². The van der Waals surface area contributed by atoms with Gasteiger partial charge in [0.1, 0.15) is 0 Å². The quantitative estimate of drug-likeness (QED) is 0.644. The number of carbonyl (C=O) groups is 2. The molecule has 1 unspecified atom stereocenters. The minimum absolute atomic E-state index is 0.0396. The summed E-state index contributed by atoms with van der Waals surface area (Å²) in [6.07, 6.45) is 0.508. The fourth-order valence-electron chi connectivity index (χ4n) is 2.42. The molecule has 1 heterocycles. The molecule has 0 bridgehead atoms. The van der Waals surface area contributed by atoms with Gasteiger partial charge in [0.2, 0.25) is 5.91 Å². The Kier molecular flexibility index (Phi) is 5.83. The molecule has 25 heavy (non-hydrogen) atoms. The van der Waals surface area contributed by atoms with Gasteiger partial charge in [-0.25, -0.2) is 4.98 Å². The largest absolute Gasteiger partial charge is 0.345 e. The molecule has 2 aromatic carbocycles. The standard InChI is InChI=1S/C19H18N2O2S2/c1-13(22)16(11-14-7-3-2-4-8-14)20-18(23)12-24-19-21-15-9-5-6-10-17(15)25-19/h2-10,16H,11-12H2,1H3,(H,20,23). The highest BCUT2D eigenvalue weighted by Crippen LogP contribution is 2.29. The van der Waals surface area contributed by atoms with Crippen LogP contribution in [0.1, 0.15) is 12.5 Å². The highest BCUT2D eigenvalue weighted by atomic mass is 32.2. The van der Waals surface area contributed by atoms with Gasteiger partial charge in [0, 0.05) is 0 Å². The van der Waals surface area contributed by atoms with Gasteiger partial charge in [0.25, 0.3) is 0 Å². The minimum Gasteiger partial charge on any atom is -0.345 e. The average Bonchev–Trinajstić information content (AvgIpc) is 3.03. The molecule has 1 aromatic heterocycles. The van der Waals surface area contributed by atoms with Crippen LogP contribution in [-0.2, 0) is 16.0 Å². The number of carbonyl (C=O) groups excluding carboxylic acids is 2. The fraction of sp³-hybridized carbons (Fsp3) is 0.211. The summed E-state index contributed by atoms with van der Waals surface area (Å²) in [6.45, 7) is 1.51. The third kappa shape index (κ3) is 4.90. The number of hydrogen-bond acceptors (Lipinski definition) is 5. The summed E-state index contributed by atoms with van der Waals surface area (Å²) >= 11 is 2.97. The number of nitrogens with zero attached hydrogens (tertiary/aromatic N) is 1.